The molecule has 1 aromatic rings. The molecule has 2 heterocycles. The van der Waals surface area contributed by atoms with Gasteiger partial charge in [-0.2, -0.15) is 0 Å². The summed E-state index contributed by atoms with van der Waals surface area (Å²) in [6.07, 6.45) is 5.01. The van der Waals surface area contributed by atoms with Gasteiger partial charge >= 0.3 is 0 Å². The molecule has 0 atom stereocenters. The molecule has 5 heteroatoms. The van der Waals surface area contributed by atoms with E-state index >= 15 is 0 Å². The first kappa shape index (κ1) is 18.9. The molecule has 0 radical (unpaired) electrons. The Balaban J connectivity index is 1.55. The van der Waals surface area contributed by atoms with Crippen LogP contribution in [0.2, 0.25) is 0 Å². The highest BCUT2D eigenvalue weighted by Crippen LogP contribution is 2.22. The van der Waals surface area contributed by atoms with Crippen LogP contribution in [-0.4, -0.2) is 66.8 Å². The lowest BCUT2D eigenvalue weighted by molar-refractivity contribution is -0.128. The van der Waals surface area contributed by atoms with E-state index in [1.54, 1.807) is 0 Å². The van der Waals surface area contributed by atoms with Gasteiger partial charge in [-0.25, -0.2) is 0 Å². The molecule has 26 heavy (non-hydrogen) atoms. The first-order valence-electron chi connectivity index (χ1n) is 9.83. The SMILES string of the molecule is CN(C)CCC1CCN(C(=O)c2cccc(CN3CCCC3=O)c2)CC1. The van der Waals surface area contributed by atoms with E-state index in [1.165, 1.54) is 6.42 Å². The van der Waals surface area contributed by atoms with Gasteiger partial charge in [-0.1, -0.05) is 12.1 Å². The van der Waals surface area contributed by atoms with Gasteiger partial charge in [-0.05, 0) is 69.9 Å². The predicted molar refractivity (Wildman–Crippen MR) is 103 cm³/mol. The van der Waals surface area contributed by atoms with Crippen molar-refractivity contribution in [2.75, 3.05) is 40.3 Å². The molecule has 1 aromatic carbocycles. The third-order valence-corrected chi connectivity index (χ3v) is 5.61. The molecule has 2 aliphatic heterocycles. The summed E-state index contributed by atoms with van der Waals surface area (Å²) in [5.41, 5.74) is 1.80. The van der Waals surface area contributed by atoms with Crippen LogP contribution in [0.15, 0.2) is 24.3 Å². The Hall–Kier alpha value is -1.88. The fourth-order valence-corrected chi connectivity index (χ4v) is 3.94. The van der Waals surface area contributed by atoms with Crippen LogP contribution in [0, 0.1) is 5.92 Å². The maximum atomic E-state index is 12.9. The van der Waals surface area contributed by atoms with Crippen LogP contribution in [0.25, 0.3) is 0 Å². The summed E-state index contributed by atoms with van der Waals surface area (Å²) in [5.74, 6) is 1.08. The van der Waals surface area contributed by atoms with Crippen molar-refractivity contribution in [1.82, 2.24) is 14.7 Å². The van der Waals surface area contributed by atoms with Crippen LogP contribution in [0.4, 0.5) is 0 Å². The van der Waals surface area contributed by atoms with Gasteiger partial charge in [0.15, 0.2) is 0 Å². The summed E-state index contributed by atoms with van der Waals surface area (Å²) in [6.45, 7) is 4.28. The number of benzene rings is 1. The summed E-state index contributed by atoms with van der Waals surface area (Å²) in [4.78, 5) is 30.8. The van der Waals surface area contributed by atoms with E-state index in [4.69, 9.17) is 0 Å². The average Bonchev–Trinajstić information content (AvgIpc) is 3.05. The zero-order valence-electron chi connectivity index (χ0n) is 16.1. The molecule has 0 saturated carbocycles. The lowest BCUT2D eigenvalue weighted by atomic mass is 9.93. The van der Waals surface area contributed by atoms with Crippen molar-refractivity contribution in [3.8, 4) is 0 Å². The maximum absolute atomic E-state index is 12.9. The molecule has 0 N–H and O–H groups in total. The van der Waals surface area contributed by atoms with Crippen LogP contribution in [0.1, 0.15) is 48.0 Å². The van der Waals surface area contributed by atoms with Gasteiger partial charge in [0.1, 0.15) is 0 Å². The van der Waals surface area contributed by atoms with Crippen molar-refractivity contribution in [3.05, 3.63) is 35.4 Å². The summed E-state index contributed by atoms with van der Waals surface area (Å²) >= 11 is 0. The van der Waals surface area contributed by atoms with E-state index < -0.39 is 0 Å². The molecular weight excluding hydrogens is 326 g/mol. The van der Waals surface area contributed by atoms with Crippen molar-refractivity contribution in [1.29, 1.82) is 0 Å². The molecule has 2 saturated heterocycles. The molecule has 2 aliphatic rings. The Kier molecular flexibility index (Phi) is 6.30. The number of carbonyl (C=O) groups is 2. The Bertz CT molecular complexity index is 636. The third-order valence-electron chi connectivity index (χ3n) is 5.61. The lowest BCUT2D eigenvalue weighted by Gasteiger charge is -2.32. The third kappa shape index (κ3) is 4.85. The molecule has 2 fully saturated rings. The number of amides is 2. The molecule has 142 valence electrons. The van der Waals surface area contributed by atoms with Gasteiger partial charge in [0, 0.05) is 38.2 Å². The summed E-state index contributed by atoms with van der Waals surface area (Å²) < 4.78 is 0. The van der Waals surface area contributed by atoms with Crippen molar-refractivity contribution in [2.24, 2.45) is 5.92 Å². The minimum Gasteiger partial charge on any atom is -0.339 e. The Morgan fingerprint density at radius 2 is 1.96 bits per heavy atom. The highest BCUT2D eigenvalue weighted by Gasteiger charge is 2.24. The average molecular weight is 357 g/mol. The van der Waals surface area contributed by atoms with E-state index in [-0.39, 0.29) is 11.8 Å². The number of carbonyl (C=O) groups excluding carboxylic acids is 2. The Labute approximate surface area is 156 Å². The quantitative estimate of drug-likeness (QED) is 0.786. The molecular formula is C21H31N3O2. The van der Waals surface area contributed by atoms with Crippen LogP contribution in [0.5, 0.6) is 0 Å². The number of piperidine rings is 1. The van der Waals surface area contributed by atoms with Crippen LogP contribution in [-0.2, 0) is 11.3 Å². The van der Waals surface area contributed by atoms with Gasteiger partial charge in [-0.15, -0.1) is 0 Å². The first-order chi connectivity index (χ1) is 12.5. The second-order valence-corrected chi connectivity index (χ2v) is 7.95. The zero-order chi connectivity index (χ0) is 18.5. The van der Waals surface area contributed by atoms with Crippen LogP contribution < -0.4 is 0 Å². The van der Waals surface area contributed by atoms with E-state index in [0.29, 0.717) is 13.0 Å². The second kappa shape index (κ2) is 8.67. The highest BCUT2D eigenvalue weighted by molar-refractivity contribution is 5.94. The van der Waals surface area contributed by atoms with Gasteiger partial charge < -0.3 is 14.7 Å². The standard InChI is InChI=1S/C21H31N3O2/c1-22(2)12-8-17-9-13-23(14-10-17)21(26)19-6-3-5-18(15-19)16-24-11-4-7-20(24)25/h3,5-6,15,17H,4,7-14,16H2,1-2H3. The largest absolute Gasteiger partial charge is 0.339 e. The number of rotatable bonds is 6. The minimum atomic E-state index is 0.130. The second-order valence-electron chi connectivity index (χ2n) is 7.95. The molecule has 0 spiro atoms. The highest BCUT2D eigenvalue weighted by atomic mass is 16.2. The molecule has 0 bridgehead atoms. The normalized spacial score (nSPS) is 18.8. The molecule has 2 amide bonds. The number of hydrogen-bond acceptors (Lipinski definition) is 3. The molecule has 5 nitrogen and oxygen atoms in total. The smallest absolute Gasteiger partial charge is 0.253 e. The van der Waals surface area contributed by atoms with Gasteiger partial charge in [-0.3, -0.25) is 9.59 Å². The fraction of sp³-hybridized carbons (Fsp3) is 0.619. The van der Waals surface area contributed by atoms with Gasteiger partial charge in [0.25, 0.3) is 5.91 Å². The van der Waals surface area contributed by atoms with Crippen LogP contribution >= 0.6 is 0 Å². The molecule has 0 unspecified atom stereocenters. The molecule has 3 rings (SSSR count). The summed E-state index contributed by atoms with van der Waals surface area (Å²) in [5, 5.41) is 0. The first-order valence-corrected chi connectivity index (χ1v) is 9.83. The van der Waals surface area contributed by atoms with Crippen molar-refractivity contribution < 1.29 is 9.59 Å². The number of likely N-dealkylation sites (tertiary alicyclic amines) is 2. The van der Waals surface area contributed by atoms with E-state index in [2.05, 4.69) is 19.0 Å². The number of hydrogen-bond donors (Lipinski definition) is 0. The van der Waals surface area contributed by atoms with Crippen molar-refractivity contribution in [2.45, 2.75) is 38.6 Å². The monoisotopic (exact) mass is 357 g/mol. The predicted octanol–water partition coefficient (Wildman–Crippen LogP) is 2.61. The zero-order valence-corrected chi connectivity index (χ0v) is 16.1. The number of nitrogens with zero attached hydrogens (tertiary/aromatic N) is 3. The van der Waals surface area contributed by atoms with Gasteiger partial charge in [0.2, 0.25) is 5.91 Å². The lowest BCUT2D eigenvalue weighted by Crippen LogP contribution is -2.39. The summed E-state index contributed by atoms with van der Waals surface area (Å²) in [7, 11) is 4.22. The van der Waals surface area contributed by atoms with Crippen molar-refractivity contribution >= 4 is 11.8 Å². The van der Waals surface area contributed by atoms with Crippen molar-refractivity contribution in [3.63, 3.8) is 0 Å². The minimum absolute atomic E-state index is 0.130. The van der Waals surface area contributed by atoms with E-state index in [9.17, 15) is 9.59 Å². The molecule has 0 aliphatic carbocycles. The van der Waals surface area contributed by atoms with Crippen LogP contribution in [0.3, 0.4) is 0 Å². The maximum Gasteiger partial charge on any atom is 0.253 e. The van der Waals surface area contributed by atoms with E-state index in [0.717, 1.165) is 62.5 Å². The molecule has 0 aromatic heterocycles. The van der Waals surface area contributed by atoms with Gasteiger partial charge in [0.05, 0.1) is 0 Å². The Morgan fingerprint density at radius 3 is 2.62 bits per heavy atom. The summed E-state index contributed by atoms with van der Waals surface area (Å²) in [6, 6.07) is 7.81. The fourth-order valence-electron chi connectivity index (χ4n) is 3.94. The Morgan fingerprint density at radius 1 is 1.19 bits per heavy atom. The topological polar surface area (TPSA) is 43.9 Å². The van der Waals surface area contributed by atoms with E-state index in [1.807, 2.05) is 34.1 Å².